The lowest BCUT2D eigenvalue weighted by molar-refractivity contribution is -0.143. The zero-order valence-corrected chi connectivity index (χ0v) is 7.53. The van der Waals surface area contributed by atoms with Gasteiger partial charge in [-0.2, -0.15) is 0 Å². The number of carbonyl (C=O) groups is 2. The van der Waals surface area contributed by atoms with E-state index in [0.717, 1.165) is 0 Å². The van der Waals surface area contributed by atoms with Gasteiger partial charge in [0.25, 0.3) is 0 Å². The first-order valence-corrected chi connectivity index (χ1v) is 3.96. The molecule has 0 spiro atoms. The first-order chi connectivity index (χ1) is 5.57. The van der Waals surface area contributed by atoms with E-state index in [-0.39, 0.29) is 23.8 Å². The van der Waals surface area contributed by atoms with Gasteiger partial charge in [0.2, 0.25) is 5.91 Å². The van der Waals surface area contributed by atoms with Crippen LogP contribution in [0, 0.1) is 5.92 Å². The minimum Gasteiger partial charge on any atom is -0.467 e. The summed E-state index contributed by atoms with van der Waals surface area (Å²) in [5.41, 5.74) is 0. The Labute approximate surface area is 71.5 Å². The summed E-state index contributed by atoms with van der Waals surface area (Å²) in [5.74, 6) is -0.339. The Balaban J connectivity index is 2.42. The van der Waals surface area contributed by atoms with Crippen molar-refractivity contribution in [2.45, 2.75) is 19.9 Å². The molecule has 0 aromatic heterocycles. The van der Waals surface area contributed by atoms with Crippen LogP contribution < -0.4 is 0 Å². The molecule has 1 aliphatic heterocycles. The first kappa shape index (κ1) is 9.03. The van der Waals surface area contributed by atoms with E-state index in [1.165, 1.54) is 12.0 Å². The molecule has 12 heavy (non-hydrogen) atoms. The van der Waals surface area contributed by atoms with Crippen LogP contribution in [-0.4, -0.2) is 36.5 Å². The summed E-state index contributed by atoms with van der Waals surface area (Å²) in [6, 6.07) is -0.315. The minimum atomic E-state index is -0.316. The smallest absolute Gasteiger partial charge is 0.330 e. The number of ether oxygens (including phenoxy) is 1. The predicted octanol–water partition coefficient (Wildman–Crippen LogP) is 0.0262. The molecule has 1 aliphatic rings. The van der Waals surface area contributed by atoms with Crippen molar-refractivity contribution >= 4 is 11.9 Å². The monoisotopic (exact) mass is 171 g/mol. The van der Waals surface area contributed by atoms with Gasteiger partial charge in [-0.05, 0) is 0 Å². The largest absolute Gasteiger partial charge is 0.467 e. The highest BCUT2D eigenvalue weighted by molar-refractivity contribution is 5.90. The molecule has 4 heteroatoms. The van der Waals surface area contributed by atoms with E-state index in [4.69, 9.17) is 0 Å². The number of amides is 1. The molecule has 68 valence electrons. The number of esters is 1. The van der Waals surface area contributed by atoms with E-state index in [1.54, 1.807) is 0 Å². The molecule has 1 heterocycles. The van der Waals surface area contributed by atoms with Crippen LogP contribution in [0.4, 0.5) is 0 Å². The molecular weight excluding hydrogens is 158 g/mol. The number of nitrogens with zero attached hydrogens (tertiary/aromatic N) is 1. The molecule has 1 atom stereocenters. The fourth-order valence-corrected chi connectivity index (χ4v) is 1.05. The van der Waals surface area contributed by atoms with Gasteiger partial charge < -0.3 is 9.64 Å². The summed E-state index contributed by atoms with van der Waals surface area (Å²) >= 11 is 0. The molecule has 4 nitrogen and oxygen atoms in total. The lowest BCUT2D eigenvalue weighted by Crippen LogP contribution is -2.23. The summed E-state index contributed by atoms with van der Waals surface area (Å²) in [7, 11) is 1.33. The second-order valence-electron chi connectivity index (χ2n) is 3.18. The molecule has 0 N–H and O–H groups in total. The van der Waals surface area contributed by atoms with Crippen LogP contribution in [-0.2, 0) is 14.3 Å². The van der Waals surface area contributed by atoms with Crippen LogP contribution in [0.5, 0.6) is 0 Å². The molecule has 0 radical (unpaired) electrons. The first-order valence-electron chi connectivity index (χ1n) is 3.96. The van der Waals surface area contributed by atoms with E-state index in [2.05, 4.69) is 4.74 Å². The van der Waals surface area contributed by atoms with Crippen LogP contribution >= 0.6 is 0 Å². The van der Waals surface area contributed by atoms with E-state index in [9.17, 15) is 9.59 Å². The summed E-state index contributed by atoms with van der Waals surface area (Å²) in [5, 5.41) is 0. The van der Waals surface area contributed by atoms with E-state index in [1.807, 2.05) is 13.8 Å². The maximum absolute atomic E-state index is 11.3. The van der Waals surface area contributed by atoms with Gasteiger partial charge in [0.15, 0.2) is 0 Å². The van der Waals surface area contributed by atoms with Gasteiger partial charge in [-0.1, -0.05) is 13.8 Å². The second kappa shape index (κ2) is 3.13. The Morgan fingerprint density at radius 1 is 1.50 bits per heavy atom. The molecular formula is C8H13NO3. The van der Waals surface area contributed by atoms with Crippen molar-refractivity contribution in [1.82, 2.24) is 4.90 Å². The Hall–Kier alpha value is -1.06. The van der Waals surface area contributed by atoms with E-state index >= 15 is 0 Å². The van der Waals surface area contributed by atoms with Crippen LogP contribution in [0.3, 0.4) is 0 Å². The molecule has 0 aromatic rings. The Morgan fingerprint density at radius 3 is 2.50 bits per heavy atom. The van der Waals surface area contributed by atoms with Gasteiger partial charge in [-0.15, -0.1) is 0 Å². The standard InChI is InChI=1S/C8H13NO3/c1-5(2)7(10)9-4-6(9)8(11)12-3/h5-6H,4H2,1-3H3. The summed E-state index contributed by atoms with van der Waals surface area (Å²) in [6.07, 6.45) is 0. The molecule has 1 unspecified atom stereocenters. The SMILES string of the molecule is COC(=O)C1CN1C(=O)C(C)C. The molecule has 0 aromatic carbocycles. The maximum atomic E-state index is 11.3. The van der Waals surface area contributed by atoms with Crippen LogP contribution in [0.25, 0.3) is 0 Å². The zero-order chi connectivity index (χ0) is 9.30. The molecule has 0 bridgehead atoms. The third-order valence-electron chi connectivity index (χ3n) is 1.86. The average molecular weight is 171 g/mol. The quantitative estimate of drug-likeness (QED) is 0.435. The maximum Gasteiger partial charge on any atom is 0.330 e. The molecule has 1 saturated heterocycles. The van der Waals surface area contributed by atoms with Crippen molar-refractivity contribution in [3.05, 3.63) is 0 Å². The third kappa shape index (κ3) is 1.57. The highest BCUT2D eigenvalue weighted by Gasteiger charge is 2.45. The normalized spacial score (nSPS) is 21.0. The second-order valence-corrected chi connectivity index (χ2v) is 3.18. The number of rotatable bonds is 2. The molecule has 1 amide bonds. The lowest BCUT2D eigenvalue weighted by atomic mass is 10.2. The highest BCUT2D eigenvalue weighted by atomic mass is 16.5. The molecule has 1 rings (SSSR count). The zero-order valence-electron chi connectivity index (χ0n) is 7.53. The molecule has 0 aliphatic carbocycles. The van der Waals surface area contributed by atoms with Crippen molar-refractivity contribution < 1.29 is 14.3 Å². The fraction of sp³-hybridized carbons (Fsp3) is 0.750. The lowest BCUT2D eigenvalue weighted by Gasteiger charge is -2.05. The Kier molecular flexibility index (Phi) is 2.35. The Morgan fingerprint density at radius 2 is 2.08 bits per heavy atom. The van der Waals surface area contributed by atoms with Crippen LogP contribution in [0.2, 0.25) is 0 Å². The van der Waals surface area contributed by atoms with Crippen molar-refractivity contribution in [1.29, 1.82) is 0 Å². The van der Waals surface area contributed by atoms with Crippen LogP contribution in [0.15, 0.2) is 0 Å². The summed E-state index contributed by atoms with van der Waals surface area (Å²) < 4.78 is 4.50. The van der Waals surface area contributed by atoms with Crippen molar-refractivity contribution in [3.8, 4) is 0 Å². The summed E-state index contributed by atoms with van der Waals surface area (Å²) in [4.78, 5) is 23.7. The number of hydrogen-bond acceptors (Lipinski definition) is 3. The fourth-order valence-electron chi connectivity index (χ4n) is 1.05. The van der Waals surface area contributed by atoms with Gasteiger partial charge in [-0.3, -0.25) is 4.79 Å². The number of carbonyl (C=O) groups excluding carboxylic acids is 2. The van der Waals surface area contributed by atoms with Gasteiger partial charge in [0, 0.05) is 5.92 Å². The minimum absolute atomic E-state index is 0.0189. The number of methoxy groups -OCH3 is 1. The highest BCUT2D eigenvalue weighted by Crippen LogP contribution is 2.21. The van der Waals surface area contributed by atoms with Gasteiger partial charge >= 0.3 is 5.97 Å². The summed E-state index contributed by atoms with van der Waals surface area (Å²) in [6.45, 7) is 4.15. The van der Waals surface area contributed by atoms with E-state index < -0.39 is 0 Å². The molecule has 1 fully saturated rings. The van der Waals surface area contributed by atoms with Gasteiger partial charge in [0.05, 0.1) is 13.7 Å². The average Bonchev–Trinajstić information content (AvgIpc) is 2.80. The Bertz CT molecular complexity index is 212. The number of hydrogen-bond donors (Lipinski definition) is 0. The molecule has 0 saturated carbocycles. The van der Waals surface area contributed by atoms with Gasteiger partial charge in [0.1, 0.15) is 6.04 Å². The van der Waals surface area contributed by atoms with E-state index in [0.29, 0.717) is 6.54 Å². The van der Waals surface area contributed by atoms with Crippen molar-refractivity contribution in [3.63, 3.8) is 0 Å². The topological polar surface area (TPSA) is 46.4 Å². The third-order valence-corrected chi connectivity index (χ3v) is 1.86. The predicted molar refractivity (Wildman–Crippen MR) is 42.4 cm³/mol. The van der Waals surface area contributed by atoms with Crippen molar-refractivity contribution in [2.24, 2.45) is 5.92 Å². The van der Waals surface area contributed by atoms with Crippen LogP contribution in [0.1, 0.15) is 13.8 Å². The van der Waals surface area contributed by atoms with Gasteiger partial charge in [-0.25, -0.2) is 4.79 Å². The van der Waals surface area contributed by atoms with Crippen molar-refractivity contribution in [2.75, 3.05) is 13.7 Å².